The minimum Gasteiger partial charge on any atom is -0.444 e. The molecule has 55 heavy (non-hydrogen) atoms. The molecule has 0 aliphatic carbocycles. The Kier molecular flexibility index (Phi) is 16.2. The van der Waals surface area contributed by atoms with Gasteiger partial charge in [0.25, 0.3) is 11.4 Å². The molecule has 0 aromatic heterocycles. The van der Waals surface area contributed by atoms with E-state index in [0.717, 1.165) is 12.8 Å². The fraction of sp³-hybridized carbons (Fsp3) is 0.556. The highest BCUT2D eigenvalue weighted by molar-refractivity contribution is 6.61. The number of likely N-dealkylation sites (tertiary alicyclic amines) is 2. The highest BCUT2D eigenvalue weighted by atomic mass is 35.5. The van der Waals surface area contributed by atoms with Crippen molar-refractivity contribution in [3.05, 3.63) is 68.8 Å². The van der Waals surface area contributed by atoms with Crippen LogP contribution in [0.4, 0.5) is 30.6 Å². The van der Waals surface area contributed by atoms with Gasteiger partial charge in [0.1, 0.15) is 28.3 Å². The van der Waals surface area contributed by atoms with Crippen molar-refractivity contribution in [1.82, 2.24) is 9.80 Å². The number of benzene rings is 2. The first kappa shape index (κ1) is 45.9. The number of nitro benzene ring substituents is 2. The molecule has 2 atom stereocenters. The number of carbonyl (C=O) groups is 4. The van der Waals surface area contributed by atoms with E-state index < -0.39 is 49.9 Å². The third-order valence-corrected chi connectivity index (χ3v) is 7.54. The molecule has 2 aromatic carbocycles. The van der Waals surface area contributed by atoms with Gasteiger partial charge in [0.2, 0.25) is 0 Å². The largest absolute Gasteiger partial charge is 0.514 e. The maximum atomic E-state index is 12.2. The molecule has 0 spiro atoms. The summed E-state index contributed by atoms with van der Waals surface area (Å²) in [5.41, 5.74) is -3.92. The van der Waals surface area contributed by atoms with Gasteiger partial charge in [-0.15, -0.1) is 0 Å². The standard InChI is InChI=1S/C18H24N2O7.C11H21NO3.C7H4ClNO4/c1-17(2,3)26-15(21)19-11-5-10-18(4,12-19)27-16(22)25-14-8-6-13(7-9-14)20(23)24;1-10(2,3)15-9(13)12-7-5-6-11(4,14)8-12;8-7(10)13-6-3-1-5(2-4-6)9(11)12/h6-9H,5,10-12H2,1-4H3;14H,5-8H2,1-4H3;1-4H. The molecular weight excluding hydrogens is 748 g/mol. The lowest BCUT2D eigenvalue weighted by molar-refractivity contribution is -0.385. The zero-order valence-corrected chi connectivity index (χ0v) is 33.0. The lowest BCUT2D eigenvalue weighted by atomic mass is 9.95. The van der Waals surface area contributed by atoms with Crippen LogP contribution < -0.4 is 9.47 Å². The first-order valence-electron chi connectivity index (χ1n) is 17.2. The van der Waals surface area contributed by atoms with E-state index in [1.54, 1.807) is 39.5 Å². The zero-order valence-electron chi connectivity index (χ0n) is 32.2. The van der Waals surface area contributed by atoms with Crippen LogP contribution >= 0.6 is 11.6 Å². The van der Waals surface area contributed by atoms with Gasteiger partial charge in [-0.3, -0.25) is 20.2 Å². The van der Waals surface area contributed by atoms with Gasteiger partial charge in [0, 0.05) is 49.0 Å². The van der Waals surface area contributed by atoms with Crippen LogP contribution in [0.2, 0.25) is 0 Å². The van der Waals surface area contributed by atoms with Crippen molar-refractivity contribution in [3.63, 3.8) is 0 Å². The number of aliphatic hydroxyl groups is 1. The number of nitrogens with zero attached hydrogens (tertiary/aromatic N) is 4. The molecule has 4 rings (SSSR count). The third-order valence-electron chi connectivity index (χ3n) is 7.46. The Morgan fingerprint density at radius 2 is 1.11 bits per heavy atom. The summed E-state index contributed by atoms with van der Waals surface area (Å²) in [6.07, 6.45) is 1.07. The fourth-order valence-corrected chi connectivity index (χ4v) is 5.25. The van der Waals surface area contributed by atoms with Crippen molar-refractivity contribution in [2.24, 2.45) is 0 Å². The molecule has 2 amide bonds. The van der Waals surface area contributed by atoms with Crippen molar-refractivity contribution < 1.29 is 57.8 Å². The molecule has 0 bridgehead atoms. The second-order valence-corrected chi connectivity index (χ2v) is 15.6. The van der Waals surface area contributed by atoms with Crippen LogP contribution in [0.15, 0.2) is 48.5 Å². The van der Waals surface area contributed by atoms with Gasteiger partial charge in [0.15, 0.2) is 0 Å². The minimum atomic E-state index is -0.978. The van der Waals surface area contributed by atoms with Crippen LogP contribution in [-0.2, 0) is 14.2 Å². The molecule has 304 valence electrons. The van der Waals surface area contributed by atoms with Crippen LogP contribution in [0, 0.1) is 20.2 Å². The number of carbonyl (C=O) groups excluding carboxylic acids is 4. The molecule has 2 fully saturated rings. The number of piperidine rings is 2. The highest BCUT2D eigenvalue weighted by Gasteiger charge is 2.39. The summed E-state index contributed by atoms with van der Waals surface area (Å²) in [6.45, 7) is 16.1. The number of hydrogen-bond acceptors (Lipinski definition) is 14. The minimum absolute atomic E-state index is 0.0747. The molecule has 18 nitrogen and oxygen atoms in total. The number of hydrogen-bond donors (Lipinski definition) is 1. The van der Waals surface area contributed by atoms with Gasteiger partial charge < -0.3 is 38.6 Å². The second-order valence-electron chi connectivity index (χ2n) is 15.3. The number of amides is 2. The van der Waals surface area contributed by atoms with Crippen LogP contribution in [0.5, 0.6) is 11.5 Å². The lowest BCUT2D eigenvalue weighted by Gasteiger charge is -2.39. The maximum Gasteiger partial charge on any atom is 0.514 e. The quantitative estimate of drug-likeness (QED) is 0.0755. The SMILES string of the molecule is CC(C)(C)OC(=O)N1CCCC(C)(OC(=O)Oc2ccc([N+](=O)[O-])cc2)C1.CC1(O)CCCN(C(=O)OC(C)(C)C)C1.O=C(Cl)Oc1ccc([N+](=O)[O-])cc1. The molecule has 2 aliphatic heterocycles. The maximum absolute atomic E-state index is 12.2. The second kappa shape index (κ2) is 19.4. The van der Waals surface area contributed by atoms with Crippen LogP contribution in [-0.4, -0.2) is 97.1 Å². The van der Waals surface area contributed by atoms with Gasteiger partial charge in [0.05, 0.1) is 28.5 Å². The molecule has 2 saturated heterocycles. The summed E-state index contributed by atoms with van der Waals surface area (Å²) in [5.74, 6) is 0.305. The van der Waals surface area contributed by atoms with E-state index in [-0.39, 0.29) is 35.5 Å². The van der Waals surface area contributed by atoms with Crippen molar-refractivity contribution in [1.29, 1.82) is 0 Å². The Hall–Kier alpha value is -5.23. The van der Waals surface area contributed by atoms with Gasteiger partial charge >= 0.3 is 23.8 Å². The summed E-state index contributed by atoms with van der Waals surface area (Å²) in [7, 11) is 0. The lowest BCUT2D eigenvalue weighted by Crippen LogP contribution is -2.52. The summed E-state index contributed by atoms with van der Waals surface area (Å²) in [4.78, 5) is 69.1. The molecule has 2 aromatic rings. The van der Waals surface area contributed by atoms with Crippen molar-refractivity contribution in [2.45, 2.75) is 103 Å². The Morgan fingerprint density at radius 1 is 0.709 bits per heavy atom. The molecule has 1 N–H and O–H groups in total. The molecule has 0 radical (unpaired) electrons. The third kappa shape index (κ3) is 17.6. The number of halogens is 1. The number of nitro groups is 2. The summed E-state index contributed by atoms with van der Waals surface area (Å²) >= 11 is 4.92. The normalized spacial score (nSPS) is 19.5. The molecule has 19 heteroatoms. The van der Waals surface area contributed by atoms with Crippen LogP contribution in [0.1, 0.15) is 81.1 Å². The van der Waals surface area contributed by atoms with Gasteiger partial charge in [-0.25, -0.2) is 19.2 Å². The summed E-state index contributed by atoms with van der Waals surface area (Å²) in [6, 6.07) is 10.1. The van der Waals surface area contributed by atoms with Gasteiger partial charge in [-0.1, -0.05) is 0 Å². The van der Waals surface area contributed by atoms with E-state index >= 15 is 0 Å². The number of ether oxygens (including phenoxy) is 5. The highest BCUT2D eigenvalue weighted by Crippen LogP contribution is 2.28. The van der Waals surface area contributed by atoms with E-state index in [9.17, 15) is 44.5 Å². The Balaban J connectivity index is 0.000000314. The Labute approximate surface area is 323 Å². The fourth-order valence-electron chi connectivity index (χ4n) is 5.16. The smallest absolute Gasteiger partial charge is 0.444 e. The topological polar surface area (TPSA) is 227 Å². The molecule has 0 saturated carbocycles. The van der Waals surface area contributed by atoms with E-state index in [0.29, 0.717) is 32.5 Å². The zero-order chi connectivity index (χ0) is 41.8. The predicted octanol–water partition coefficient (Wildman–Crippen LogP) is 8.00. The predicted molar refractivity (Wildman–Crippen MR) is 198 cm³/mol. The summed E-state index contributed by atoms with van der Waals surface area (Å²) in [5, 5.41) is 30.7. The van der Waals surface area contributed by atoms with Crippen LogP contribution in [0.3, 0.4) is 0 Å². The first-order chi connectivity index (χ1) is 25.3. The van der Waals surface area contributed by atoms with Crippen LogP contribution in [0.25, 0.3) is 0 Å². The molecule has 2 aliphatic rings. The molecule has 2 heterocycles. The first-order valence-corrected chi connectivity index (χ1v) is 17.6. The summed E-state index contributed by atoms with van der Waals surface area (Å²) < 4.78 is 25.6. The van der Waals surface area contributed by atoms with E-state index in [1.807, 2.05) is 20.8 Å². The van der Waals surface area contributed by atoms with Crippen molar-refractivity contribution in [2.75, 3.05) is 26.2 Å². The number of β-amino-alcohol motifs (C(OH)–C–C–N with tert-alkyl or cyclic N) is 1. The van der Waals surface area contributed by atoms with E-state index in [2.05, 4.69) is 4.74 Å². The van der Waals surface area contributed by atoms with Crippen molar-refractivity contribution >= 4 is 46.7 Å². The molecule has 2 unspecified atom stereocenters. The Morgan fingerprint density at radius 3 is 1.49 bits per heavy atom. The average Bonchev–Trinajstić information content (AvgIpc) is 3.03. The van der Waals surface area contributed by atoms with Gasteiger partial charge in [-0.2, -0.15) is 0 Å². The monoisotopic (exact) mass is 796 g/mol. The van der Waals surface area contributed by atoms with E-state index in [1.165, 1.54) is 53.4 Å². The van der Waals surface area contributed by atoms with Crippen molar-refractivity contribution in [3.8, 4) is 11.5 Å². The van der Waals surface area contributed by atoms with Gasteiger partial charge in [-0.05, 0) is 105 Å². The Bertz CT molecular complexity index is 1660. The molecular formula is C36H49ClN4O14. The van der Waals surface area contributed by atoms with E-state index in [4.69, 9.17) is 30.5 Å². The number of non-ortho nitro benzene ring substituents is 2. The average molecular weight is 797 g/mol. The number of rotatable bonds is 5.